The second-order valence-corrected chi connectivity index (χ2v) is 4.75. The van der Waals surface area contributed by atoms with Crippen molar-refractivity contribution >= 4 is 5.69 Å². The van der Waals surface area contributed by atoms with Gasteiger partial charge in [-0.2, -0.15) is 0 Å². The van der Waals surface area contributed by atoms with Crippen LogP contribution in [0.3, 0.4) is 0 Å². The molecule has 1 saturated carbocycles. The van der Waals surface area contributed by atoms with E-state index in [1.54, 1.807) is 14.2 Å². The molecule has 1 aromatic rings. The Morgan fingerprint density at radius 3 is 2.71 bits per heavy atom. The molecule has 1 fully saturated rings. The third-order valence-corrected chi connectivity index (χ3v) is 3.23. The molecule has 1 aliphatic carbocycles. The van der Waals surface area contributed by atoms with Crippen LogP contribution in [0.5, 0.6) is 5.75 Å². The number of hydrogen-bond acceptors (Lipinski definition) is 3. The normalized spacial score (nSPS) is 16.6. The van der Waals surface area contributed by atoms with E-state index in [4.69, 9.17) is 9.47 Å². The molecule has 0 bridgehead atoms. The number of methoxy groups -OCH3 is 2. The van der Waals surface area contributed by atoms with Crippen molar-refractivity contribution in [1.82, 2.24) is 0 Å². The van der Waals surface area contributed by atoms with Crippen LogP contribution in [0, 0.1) is 12.8 Å². The van der Waals surface area contributed by atoms with Crippen LogP contribution >= 0.6 is 0 Å². The summed E-state index contributed by atoms with van der Waals surface area (Å²) in [5.74, 6) is 1.65. The molecule has 1 aliphatic rings. The van der Waals surface area contributed by atoms with Gasteiger partial charge < -0.3 is 14.8 Å². The number of ether oxygens (including phenoxy) is 2. The molecule has 1 unspecified atom stereocenters. The van der Waals surface area contributed by atoms with Gasteiger partial charge in [0.15, 0.2) is 0 Å². The van der Waals surface area contributed by atoms with E-state index >= 15 is 0 Å². The summed E-state index contributed by atoms with van der Waals surface area (Å²) in [6.07, 6.45) is 2.60. The predicted molar refractivity (Wildman–Crippen MR) is 69.7 cm³/mol. The lowest BCUT2D eigenvalue weighted by Crippen LogP contribution is -2.27. The zero-order valence-corrected chi connectivity index (χ0v) is 10.8. The van der Waals surface area contributed by atoms with Crippen LogP contribution in [-0.4, -0.2) is 26.9 Å². The van der Waals surface area contributed by atoms with Gasteiger partial charge in [-0.1, -0.05) is 6.07 Å². The Morgan fingerprint density at radius 2 is 2.12 bits per heavy atom. The molecule has 1 aromatic carbocycles. The van der Waals surface area contributed by atoms with Crippen LogP contribution in [-0.2, 0) is 4.74 Å². The number of aryl methyl sites for hydroxylation is 1. The molecule has 3 nitrogen and oxygen atoms in total. The molecule has 0 heterocycles. The standard InChI is InChI=1S/C14H21NO2/c1-10-4-7-14(17-3)12(8-10)15-13(9-16-2)11-5-6-11/h4,7-8,11,13,15H,5-6,9H2,1-3H3. The molecule has 17 heavy (non-hydrogen) atoms. The highest BCUT2D eigenvalue weighted by atomic mass is 16.5. The highest BCUT2D eigenvalue weighted by Crippen LogP contribution is 2.36. The van der Waals surface area contributed by atoms with Crippen LogP contribution in [0.2, 0.25) is 0 Å². The Kier molecular flexibility index (Phi) is 3.89. The molecule has 1 atom stereocenters. The van der Waals surface area contributed by atoms with E-state index < -0.39 is 0 Å². The lowest BCUT2D eigenvalue weighted by molar-refractivity contribution is 0.179. The third-order valence-electron chi connectivity index (χ3n) is 3.23. The van der Waals surface area contributed by atoms with Crippen LogP contribution < -0.4 is 10.1 Å². The fourth-order valence-electron chi connectivity index (χ4n) is 2.11. The maximum Gasteiger partial charge on any atom is 0.141 e. The first kappa shape index (κ1) is 12.2. The van der Waals surface area contributed by atoms with Gasteiger partial charge in [-0.15, -0.1) is 0 Å². The Labute approximate surface area is 103 Å². The van der Waals surface area contributed by atoms with Crippen LogP contribution in [0.1, 0.15) is 18.4 Å². The van der Waals surface area contributed by atoms with Crippen molar-refractivity contribution in [3.05, 3.63) is 23.8 Å². The first-order chi connectivity index (χ1) is 8.24. The molecule has 0 radical (unpaired) electrons. The van der Waals surface area contributed by atoms with Crippen molar-refractivity contribution in [1.29, 1.82) is 0 Å². The highest BCUT2D eigenvalue weighted by molar-refractivity contribution is 5.58. The Hall–Kier alpha value is -1.22. The van der Waals surface area contributed by atoms with Gasteiger partial charge in [0.2, 0.25) is 0 Å². The SMILES string of the molecule is COCC(Nc1cc(C)ccc1OC)C1CC1. The molecule has 3 heteroatoms. The van der Waals surface area contributed by atoms with Crippen LogP contribution in [0.15, 0.2) is 18.2 Å². The Bertz CT molecular complexity index is 374. The Morgan fingerprint density at radius 1 is 1.35 bits per heavy atom. The van der Waals surface area contributed by atoms with E-state index in [-0.39, 0.29) is 0 Å². The molecule has 0 aliphatic heterocycles. The Balaban J connectivity index is 2.11. The van der Waals surface area contributed by atoms with Crippen LogP contribution in [0.25, 0.3) is 0 Å². The summed E-state index contributed by atoms with van der Waals surface area (Å²) in [7, 11) is 3.46. The molecule has 0 amide bonds. The topological polar surface area (TPSA) is 30.5 Å². The number of nitrogens with one attached hydrogen (secondary N) is 1. The average Bonchev–Trinajstić information content (AvgIpc) is 3.13. The first-order valence-electron chi connectivity index (χ1n) is 6.14. The molecule has 2 rings (SSSR count). The predicted octanol–water partition coefficient (Wildman–Crippen LogP) is 2.84. The molecular weight excluding hydrogens is 214 g/mol. The van der Waals surface area contributed by atoms with Gasteiger partial charge in [0.05, 0.1) is 25.4 Å². The minimum absolute atomic E-state index is 0.399. The summed E-state index contributed by atoms with van der Waals surface area (Å²) in [4.78, 5) is 0. The minimum atomic E-state index is 0.399. The van der Waals surface area contributed by atoms with Crippen molar-refractivity contribution < 1.29 is 9.47 Å². The smallest absolute Gasteiger partial charge is 0.141 e. The van der Waals surface area contributed by atoms with Gasteiger partial charge in [-0.05, 0) is 43.4 Å². The number of anilines is 1. The molecule has 1 N–H and O–H groups in total. The second kappa shape index (κ2) is 5.41. The summed E-state index contributed by atoms with van der Waals surface area (Å²) in [6, 6.07) is 6.60. The molecule has 0 aromatic heterocycles. The summed E-state index contributed by atoms with van der Waals surface area (Å²) in [5.41, 5.74) is 2.31. The largest absolute Gasteiger partial charge is 0.495 e. The van der Waals surface area contributed by atoms with E-state index in [2.05, 4.69) is 24.4 Å². The van der Waals surface area contributed by atoms with Gasteiger partial charge in [0.1, 0.15) is 5.75 Å². The van der Waals surface area contributed by atoms with Crippen molar-refractivity contribution in [3.8, 4) is 5.75 Å². The summed E-state index contributed by atoms with van der Waals surface area (Å²) in [5, 5.41) is 3.55. The van der Waals surface area contributed by atoms with Crippen molar-refractivity contribution in [2.24, 2.45) is 5.92 Å². The zero-order chi connectivity index (χ0) is 12.3. The summed E-state index contributed by atoms with van der Waals surface area (Å²) in [6.45, 7) is 2.84. The van der Waals surface area contributed by atoms with Crippen molar-refractivity contribution in [2.45, 2.75) is 25.8 Å². The maximum absolute atomic E-state index is 5.38. The van der Waals surface area contributed by atoms with E-state index in [9.17, 15) is 0 Å². The van der Waals surface area contributed by atoms with Gasteiger partial charge in [0.25, 0.3) is 0 Å². The monoisotopic (exact) mass is 235 g/mol. The second-order valence-electron chi connectivity index (χ2n) is 4.75. The zero-order valence-electron chi connectivity index (χ0n) is 10.8. The molecule has 0 saturated heterocycles. The third kappa shape index (κ3) is 3.13. The number of hydrogen-bond donors (Lipinski definition) is 1. The number of benzene rings is 1. The first-order valence-corrected chi connectivity index (χ1v) is 6.14. The molecular formula is C14H21NO2. The fraction of sp³-hybridized carbons (Fsp3) is 0.571. The lowest BCUT2D eigenvalue weighted by atomic mass is 10.1. The van der Waals surface area contributed by atoms with Crippen molar-refractivity contribution in [3.63, 3.8) is 0 Å². The number of rotatable bonds is 6. The molecule has 94 valence electrons. The van der Waals surface area contributed by atoms with E-state index in [0.29, 0.717) is 6.04 Å². The summed E-state index contributed by atoms with van der Waals surface area (Å²) < 4.78 is 10.7. The molecule has 0 spiro atoms. The summed E-state index contributed by atoms with van der Waals surface area (Å²) >= 11 is 0. The highest BCUT2D eigenvalue weighted by Gasteiger charge is 2.31. The maximum atomic E-state index is 5.38. The quantitative estimate of drug-likeness (QED) is 0.822. The lowest BCUT2D eigenvalue weighted by Gasteiger charge is -2.20. The van der Waals surface area contributed by atoms with Crippen molar-refractivity contribution in [2.75, 3.05) is 26.1 Å². The van der Waals surface area contributed by atoms with E-state index in [1.165, 1.54) is 18.4 Å². The van der Waals surface area contributed by atoms with Gasteiger partial charge >= 0.3 is 0 Å². The van der Waals surface area contributed by atoms with Gasteiger partial charge in [-0.25, -0.2) is 0 Å². The van der Waals surface area contributed by atoms with E-state index in [1.807, 2.05) is 6.07 Å². The minimum Gasteiger partial charge on any atom is -0.495 e. The van der Waals surface area contributed by atoms with Crippen LogP contribution in [0.4, 0.5) is 5.69 Å². The van der Waals surface area contributed by atoms with E-state index in [0.717, 1.165) is 24.0 Å². The fourth-order valence-corrected chi connectivity index (χ4v) is 2.11. The van der Waals surface area contributed by atoms with Gasteiger partial charge in [-0.3, -0.25) is 0 Å². The van der Waals surface area contributed by atoms with Gasteiger partial charge in [0, 0.05) is 7.11 Å². The average molecular weight is 235 g/mol.